The molecular formula is C19H26Cl2N2O2. The summed E-state index contributed by atoms with van der Waals surface area (Å²) in [5.41, 5.74) is 2.00. The molecule has 1 aliphatic heterocycles. The Hall–Kier alpha value is -0.970. The van der Waals surface area contributed by atoms with Crippen molar-refractivity contribution < 1.29 is 9.53 Å². The lowest BCUT2D eigenvalue weighted by Gasteiger charge is -2.37. The van der Waals surface area contributed by atoms with Crippen molar-refractivity contribution in [3.05, 3.63) is 33.3 Å². The molecule has 0 saturated carbocycles. The highest BCUT2D eigenvalue weighted by Crippen LogP contribution is 2.34. The number of likely N-dealkylation sites (tertiary alicyclic amines) is 1. The van der Waals surface area contributed by atoms with Gasteiger partial charge in [-0.25, -0.2) is 4.79 Å². The number of alkyl carbamates (subject to hydrolysis) is 1. The summed E-state index contributed by atoms with van der Waals surface area (Å²) < 4.78 is 5.38. The molecule has 2 aliphatic rings. The maximum absolute atomic E-state index is 12.0. The summed E-state index contributed by atoms with van der Waals surface area (Å²) in [6, 6.07) is 4.41. The van der Waals surface area contributed by atoms with Crippen molar-refractivity contribution in [1.29, 1.82) is 0 Å². The van der Waals surface area contributed by atoms with Gasteiger partial charge < -0.3 is 10.1 Å². The second kappa shape index (κ2) is 7.34. The van der Waals surface area contributed by atoms with Crippen LogP contribution in [0, 0.1) is 0 Å². The molecular weight excluding hydrogens is 359 g/mol. The zero-order chi connectivity index (χ0) is 18.2. The van der Waals surface area contributed by atoms with Gasteiger partial charge in [0.15, 0.2) is 0 Å². The minimum absolute atomic E-state index is 0.131. The number of nitrogens with zero attached hydrogens (tertiary/aromatic N) is 1. The van der Waals surface area contributed by atoms with Crippen LogP contribution in [0.4, 0.5) is 4.79 Å². The molecule has 2 unspecified atom stereocenters. The zero-order valence-corrected chi connectivity index (χ0v) is 16.6. The monoisotopic (exact) mass is 384 g/mol. The molecule has 1 N–H and O–H groups in total. The topological polar surface area (TPSA) is 41.6 Å². The van der Waals surface area contributed by atoms with Crippen LogP contribution in [0.25, 0.3) is 0 Å². The summed E-state index contributed by atoms with van der Waals surface area (Å²) in [6.45, 7) is 7.54. The summed E-state index contributed by atoms with van der Waals surface area (Å²) >= 11 is 12.5. The van der Waals surface area contributed by atoms with Gasteiger partial charge in [0.1, 0.15) is 5.60 Å². The van der Waals surface area contributed by atoms with E-state index >= 15 is 0 Å². The fourth-order valence-corrected chi connectivity index (χ4v) is 4.43. The average molecular weight is 385 g/mol. The summed E-state index contributed by atoms with van der Waals surface area (Å²) in [4.78, 5) is 14.5. The van der Waals surface area contributed by atoms with E-state index in [0.717, 1.165) is 43.8 Å². The van der Waals surface area contributed by atoms with E-state index in [1.807, 2.05) is 32.9 Å². The minimum atomic E-state index is -0.471. The Morgan fingerprint density at radius 2 is 2.04 bits per heavy atom. The first-order valence-electron chi connectivity index (χ1n) is 8.91. The van der Waals surface area contributed by atoms with Crippen LogP contribution in [-0.2, 0) is 17.6 Å². The summed E-state index contributed by atoms with van der Waals surface area (Å²) in [5, 5.41) is 4.49. The molecule has 4 nitrogen and oxygen atoms in total. The van der Waals surface area contributed by atoms with Crippen molar-refractivity contribution in [2.75, 3.05) is 13.1 Å². The van der Waals surface area contributed by atoms with E-state index in [9.17, 15) is 4.79 Å². The van der Waals surface area contributed by atoms with Crippen LogP contribution in [0.3, 0.4) is 0 Å². The third-order valence-electron chi connectivity index (χ3n) is 4.84. The first-order chi connectivity index (χ1) is 11.7. The molecule has 138 valence electrons. The first kappa shape index (κ1) is 18.8. The van der Waals surface area contributed by atoms with Crippen LogP contribution >= 0.6 is 23.2 Å². The molecule has 1 saturated heterocycles. The summed E-state index contributed by atoms with van der Waals surface area (Å²) in [6.07, 6.45) is 3.65. The molecule has 6 heteroatoms. The van der Waals surface area contributed by atoms with Gasteiger partial charge >= 0.3 is 6.09 Å². The fourth-order valence-electron chi connectivity index (χ4n) is 3.82. The molecule has 25 heavy (non-hydrogen) atoms. The zero-order valence-electron chi connectivity index (χ0n) is 15.1. The lowest BCUT2D eigenvalue weighted by atomic mass is 10.0. The Bertz CT molecular complexity index is 658. The first-order valence-corrected chi connectivity index (χ1v) is 9.67. The van der Waals surface area contributed by atoms with Crippen LogP contribution in [0.2, 0.25) is 10.0 Å². The van der Waals surface area contributed by atoms with Gasteiger partial charge in [0.2, 0.25) is 0 Å². The van der Waals surface area contributed by atoms with Gasteiger partial charge in [-0.3, -0.25) is 4.90 Å². The van der Waals surface area contributed by atoms with Crippen LogP contribution < -0.4 is 5.32 Å². The Labute approximate surface area is 159 Å². The van der Waals surface area contributed by atoms with Crippen LogP contribution in [0.15, 0.2) is 12.1 Å². The molecule has 1 heterocycles. The lowest BCUT2D eigenvalue weighted by molar-refractivity contribution is 0.0456. The average Bonchev–Trinajstić information content (AvgIpc) is 2.89. The van der Waals surface area contributed by atoms with E-state index in [2.05, 4.69) is 10.2 Å². The van der Waals surface area contributed by atoms with Crippen molar-refractivity contribution in [1.82, 2.24) is 10.2 Å². The maximum atomic E-state index is 12.0. The van der Waals surface area contributed by atoms with E-state index in [4.69, 9.17) is 27.9 Å². The standard InChI is InChI=1S/C19H26Cl2N2O2/c1-19(2,3)25-18(24)22-14-5-4-6-23(11-14)15-8-12-7-13(20)9-17(21)16(12)10-15/h7,9,14-15H,4-6,8,10-11H2,1-3H3,(H,22,24). The quantitative estimate of drug-likeness (QED) is 0.818. The SMILES string of the molecule is CC(C)(C)OC(=O)NC1CCCN(C2Cc3cc(Cl)cc(Cl)c3C2)C1. The highest BCUT2D eigenvalue weighted by molar-refractivity contribution is 6.35. The van der Waals surface area contributed by atoms with E-state index in [0.29, 0.717) is 11.1 Å². The second-order valence-corrected chi connectivity index (χ2v) is 8.91. The number of hydrogen-bond acceptors (Lipinski definition) is 3. The molecule has 0 aromatic heterocycles. The molecule has 1 aromatic carbocycles. The number of ether oxygens (including phenoxy) is 1. The predicted molar refractivity (Wildman–Crippen MR) is 102 cm³/mol. The third-order valence-corrected chi connectivity index (χ3v) is 5.39. The number of carbonyl (C=O) groups excluding carboxylic acids is 1. The van der Waals surface area contributed by atoms with Gasteiger partial charge in [0.05, 0.1) is 0 Å². The van der Waals surface area contributed by atoms with Gasteiger partial charge in [-0.05, 0) is 76.3 Å². The van der Waals surface area contributed by atoms with Crippen molar-refractivity contribution in [3.8, 4) is 0 Å². The molecule has 1 aromatic rings. The number of amides is 1. The molecule has 1 aliphatic carbocycles. The van der Waals surface area contributed by atoms with Crippen molar-refractivity contribution in [2.24, 2.45) is 0 Å². The van der Waals surface area contributed by atoms with E-state index < -0.39 is 5.60 Å². The summed E-state index contributed by atoms with van der Waals surface area (Å²) in [5.74, 6) is 0. The van der Waals surface area contributed by atoms with Crippen molar-refractivity contribution >= 4 is 29.3 Å². The number of carbonyl (C=O) groups is 1. The summed E-state index contributed by atoms with van der Waals surface area (Å²) in [7, 11) is 0. The maximum Gasteiger partial charge on any atom is 0.407 e. The van der Waals surface area contributed by atoms with Crippen LogP contribution in [-0.4, -0.2) is 41.8 Å². The van der Waals surface area contributed by atoms with Crippen LogP contribution in [0.5, 0.6) is 0 Å². The molecule has 0 radical (unpaired) electrons. The fraction of sp³-hybridized carbons (Fsp3) is 0.632. The molecule has 1 amide bonds. The van der Waals surface area contributed by atoms with Crippen molar-refractivity contribution in [3.63, 3.8) is 0 Å². The molecule has 1 fully saturated rings. The Balaban J connectivity index is 1.59. The van der Waals surface area contributed by atoms with Crippen molar-refractivity contribution in [2.45, 2.75) is 64.1 Å². The number of nitrogens with one attached hydrogen (secondary N) is 1. The van der Waals surface area contributed by atoms with Crippen LogP contribution in [0.1, 0.15) is 44.7 Å². The smallest absolute Gasteiger partial charge is 0.407 e. The highest BCUT2D eigenvalue weighted by Gasteiger charge is 2.32. The van der Waals surface area contributed by atoms with E-state index in [1.54, 1.807) is 0 Å². The lowest BCUT2D eigenvalue weighted by Crippen LogP contribution is -2.52. The van der Waals surface area contributed by atoms with Gasteiger partial charge in [0.25, 0.3) is 0 Å². The number of halogens is 2. The highest BCUT2D eigenvalue weighted by atomic mass is 35.5. The van der Waals surface area contributed by atoms with E-state index in [-0.39, 0.29) is 12.1 Å². The molecule has 0 spiro atoms. The number of rotatable bonds is 2. The second-order valence-electron chi connectivity index (χ2n) is 8.07. The number of hydrogen-bond donors (Lipinski definition) is 1. The third kappa shape index (κ3) is 4.81. The van der Waals surface area contributed by atoms with Gasteiger partial charge in [-0.1, -0.05) is 23.2 Å². The van der Waals surface area contributed by atoms with Gasteiger partial charge in [-0.2, -0.15) is 0 Å². The number of benzene rings is 1. The molecule has 3 rings (SSSR count). The van der Waals surface area contributed by atoms with Gasteiger partial charge in [0, 0.05) is 28.7 Å². The van der Waals surface area contributed by atoms with Gasteiger partial charge in [-0.15, -0.1) is 0 Å². The largest absolute Gasteiger partial charge is 0.444 e. The normalized spacial score (nSPS) is 24.0. The van der Waals surface area contributed by atoms with E-state index in [1.165, 1.54) is 11.1 Å². The molecule has 2 atom stereocenters. The Kier molecular flexibility index (Phi) is 5.52. The molecule has 0 bridgehead atoms. The minimum Gasteiger partial charge on any atom is -0.444 e. The Morgan fingerprint density at radius 3 is 2.76 bits per heavy atom. The Morgan fingerprint density at radius 1 is 1.28 bits per heavy atom. The predicted octanol–water partition coefficient (Wildman–Crippen LogP) is 4.45. The number of piperidine rings is 1. The number of fused-ring (bicyclic) bond motifs is 1.